The molecule has 0 radical (unpaired) electrons. The largest absolute Gasteiger partial charge is 0.497 e. The zero-order valence-electron chi connectivity index (χ0n) is 25.6. The lowest BCUT2D eigenvalue weighted by molar-refractivity contribution is 0.116. The van der Waals surface area contributed by atoms with Crippen LogP contribution in [0.3, 0.4) is 0 Å². The summed E-state index contributed by atoms with van der Waals surface area (Å²) in [5, 5.41) is 0.354. The molecule has 3 aromatic carbocycles. The fraction of sp³-hybridized carbons (Fsp3) is 0.378. The van der Waals surface area contributed by atoms with Gasteiger partial charge in [0.25, 0.3) is 0 Å². The van der Waals surface area contributed by atoms with E-state index in [1.54, 1.807) is 20.3 Å². The molecular formula is C37H42O6. The third-order valence-electron chi connectivity index (χ3n) is 7.40. The van der Waals surface area contributed by atoms with Crippen molar-refractivity contribution in [3.8, 4) is 40.4 Å². The van der Waals surface area contributed by atoms with E-state index in [0.29, 0.717) is 40.4 Å². The van der Waals surface area contributed by atoms with E-state index in [4.69, 9.17) is 23.4 Å². The Morgan fingerprint density at radius 2 is 1.44 bits per heavy atom. The van der Waals surface area contributed by atoms with E-state index in [1.165, 1.54) is 50.8 Å². The summed E-state index contributed by atoms with van der Waals surface area (Å²) in [5.41, 5.74) is 2.75. The Morgan fingerprint density at radius 3 is 2.12 bits per heavy atom. The maximum atomic E-state index is 13.2. The van der Waals surface area contributed by atoms with Gasteiger partial charge in [-0.2, -0.15) is 0 Å². The van der Waals surface area contributed by atoms with Gasteiger partial charge in [0.15, 0.2) is 11.2 Å². The van der Waals surface area contributed by atoms with Crippen molar-refractivity contribution in [2.75, 3.05) is 27.9 Å². The SMILES string of the molecule is COc1ccc(-c2cc(=O)c3c(OC)c(C#CCCCCCCCCCCOCc4ccccc4)c(OC)cc3o2)cc1. The molecule has 0 fully saturated rings. The van der Waals surface area contributed by atoms with E-state index in [9.17, 15) is 4.79 Å². The van der Waals surface area contributed by atoms with E-state index in [0.717, 1.165) is 43.6 Å². The average Bonchev–Trinajstić information content (AvgIpc) is 3.04. The van der Waals surface area contributed by atoms with E-state index in [-0.39, 0.29) is 5.43 Å². The van der Waals surface area contributed by atoms with Gasteiger partial charge in [0.05, 0.1) is 27.9 Å². The van der Waals surface area contributed by atoms with Crippen molar-refractivity contribution in [2.45, 2.75) is 64.4 Å². The summed E-state index contributed by atoms with van der Waals surface area (Å²) >= 11 is 0. The van der Waals surface area contributed by atoms with Crippen LogP contribution in [-0.2, 0) is 11.3 Å². The molecule has 0 aliphatic carbocycles. The average molecular weight is 583 g/mol. The van der Waals surface area contributed by atoms with Crippen LogP contribution in [0.2, 0.25) is 0 Å². The molecule has 4 rings (SSSR count). The van der Waals surface area contributed by atoms with Gasteiger partial charge in [-0.1, -0.05) is 80.7 Å². The van der Waals surface area contributed by atoms with Crippen LogP contribution in [0.5, 0.6) is 17.2 Å². The number of hydrogen-bond donors (Lipinski definition) is 0. The van der Waals surface area contributed by atoms with Gasteiger partial charge in [-0.3, -0.25) is 4.79 Å². The first-order chi connectivity index (χ1) is 21.1. The van der Waals surface area contributed by atoms with Crippen molar-refractivity contribution >= 4 is 11.0 Å². The highest BCUT2D eigenvalue weighted by atomic mass is 16.5. The maximum absolute atomic E-state index is 13.2. The predicted octanol–water partition coefficient (Wildman–Crippen LogP) is 8.57. The lowest BCUT2D eigenvalue weighted by atomic mass is 10.1. The van der Waals surface area contributed by atoms with Gasteiger partial charge in [-0.15, -0.1) is 0 Å². The van der Waals surface area contributed by atoms with Crippen LogP contribution in [0.4, 0.5) is 0 Å². The molecule has 1 aromatic heterocycles. The molecule has 1 heterocycles. The number of unbranched alkanes of at least 4 members (excludes halogenated alkanes) is 8. The molecule has 6 nitrogen and oxygen atoms in total. The molecule has 0 aliphatic heterocycles. The van der Waals surface area contributed by atoms with Crippen LogP contribution in [-0.4, -0.2) is 27.9 Å². The quantitative estimate of drug-likeness (QED) is 0.0974. The third-order valence-corrected chi connectivity index (χ3v) is 7.40. The summed E-state index contributed by atoms with van der Waals surface area (Å²) < 4.78 is 28.4. The molecular weight excluding hydrogens is 540 g/mol. The van der Waals surface area contributed by atoms with Crippen LogP contribution in [0.15, 0.2) is 75.9 Å². The minimum Gasteiger partial charge on any atom is -0.497 e. The van der Waals surface area contributed by atoms with Gasteiger partial charge in [0, 0.05) is 30.7 Å². The van der Waals surface area contributed by atoms with Crippen molar-refractivity contribution in [1.29, 1.82) is 0 Å². The second-order valence-electron chi connectivity index (χ2n) is 10.5. The Hall–Kier alpha value is -4.21. The van der Waals surface area contributed by atoms with Gasteiger partial charge >= 0.3 is 0 Å². The Kier molecular flexibility index (Phi) is 12.6. The molecule has 0 spiro atoms. The van der Waals surface area contributed by atoms with Crippen LogP contribution in [0, 0.1) is 11.8 Å². The number of methoxy groups -OCH3 is 3. The first-order valence-corrected chi connectivity index (χ1v) is 15.1. The molecule has 0 N–H and O–H groups in total. The minimum atomic E-state index is -0.200. The lowest BCUT2D eigenvalue weighted by Gasteiger charge is -2.12. The minimum absolute atomic E-state index is 0.200. The predicted molar refractivity (Wildman–Crippen MR) is 172 cm³/mol. The Balaban J connectivity index is 1.24. The molecule has 0 saturated carbocycles. The first kappa shape index (κ1) is 31.7. The molecule has 0 saturated heterocycles. The number of rotatable bonds is 16. The molecule has 0 amide bonds. The van der Waals surface area contributed by atoms with Crippen molar-refractivity contribution in [2.24, 2.45) is 0 Å². The van der Waals surface area contributed by atoms with Gasteiger partial charge in [0.2, 0.25) is 0 Å². The van der Waals surface area contributed by atoms with E-state index >= 15 is 0 Å². The fourth-order valence-electron chi connectivity index (χ4n) is 5.04. The van der Waals surface area contributed by atoms with Crippen molar-refractivity contribution in [1.82, 2.24) is 0 Å². The molecule has 0 atom stereocenters. The van der Waals surface area contributed by atoms with Gasteiger partial charge < -0.3 is 23.4 Å². The highest BCUT2D eigenvalue weighted by Gasteiger charge is 2.19. The smallest absolute Gasteiger partial charge is 0.197 e. The monoisotopic (exact) mass is 582 g/mol. The zero-order valence-corrected chi connectivity index (χ0v) is 25.6. The Bertz CT molecular complexity index is 1540. The standard InChI is InChI=1S/C37H42O6/c1-39-30-22-20-29(21-23-30)33-25-32(38)36-35(43-33)26-34(40-2)31(37(36)41-3)19-15-10-8-6-4-5-7-9-11-16-24-42-27-28-17-13-12-14-18-28/h12-14,17-18,20-23,25-26H,4-11,16,24,27H2,1-3H3. The molecule has 4 aromatic rings. The fourth-order valence-corrected chi connectivity index (χ4v) is 5.04. The van der Waals surface area contributed by atoms with Crippen LogP contribution < -0.4 is 19.6 Å². The third kappa shape index (κ3) is 9.14. The van der Waals surface area contributed by atoms with Crippen molar-refractivity contribution in [3.05, 3.63) is 88.1 Å². The molecule has 0 aliphatic rings. The van der Waals surface area contributed by atoms with Crippen LogP contribution >= 0.6 is 0 Å². The molecule has 6 heteroatoms. The summed E-state index contributed by atoms with van der Waals surface area (Å²) in [6, 6.07) is 20.9. The maximum Gasteiger partial charge on any atom is 0.197 e. The van der Waals surface area contributed by atoms with E-state index in [1.807, 2.05) is 42.5 Å². The highest BCUT2D eigenvalue weighted by molar-refractivity contribution is 5.90. The number of benzene rings is 3. The molecule has 0 bridgehead atoms. The number of ether oxygens (including phenoxy) is 4. The molecule has 0 unspecified atom stereocenters. The Labute approximate surface area is 254 Å². The van der Waals surface area contributed by atoms with Crippen molar-refractivity contribution in [3.63, 3.8) is 0 Å². The summed E-state index contributed by atoms with van der Waals surface area (Å²) in [5.74, 6) is 8.53. The summed E-state index contributed by atoms with van der Waals surface area (Å²) in [6.45, 7) is 1.53. The van der Waals surface area contributed by atoms with Crippen LogP contribution in [0.1, 0.15) is 68.9 Å². The topological polar surface area (TPSA) is 67.1 Å². The highest BCUT2D eigenvalue weighted by Crippen LogP contribution is 2.36. The summed E-state index contributed by atoms with van der Waals surface area (Å²) in [6.07, 6.45) is 10.3. The Morgan fingerprint density at radius 1 is 0.744 bits per heavy atom. The second kappa shape index (κ2) is 17.0. The molecule has 226 valence electrons. The zero-order chi connectivity index (χ0) is 30.3. The van der Waals surface area contributed by atoms with Gasteiger partial charge in [-0.05, 0) is 42.7 Å². The van der Waals surface area contributed by atoms with E-state index in [2.05, 4.69) is 24.0 Å². The first-order valence-electron chi connectivity index (χ1n) is 15.1. The van der Waals surface area contributed by atoms with Gasteiger partial charge in [0.1, 0.15) is 33.8 Å². The van der Waals surface area contributed by atoms with Crippen molar-refractivity contribution < 1.29 is 23.4 Å². The van der Waals surface area contributed by atoms with Crippen LogP contribution in [0.25, 0.3) is 22.3 Å². The lowest BCUT2D eigenvalue weighted by Crippen LogP contribution is -2.05. The second-order valence-corrected chi connectivity index (χ2v) is 10.5. The normalized spacial score (nSPS) is 10.8. The number of hydrogen-bond acceptors (Lipinski definition) is 6. The number of fused-ring (bicyclic) bond motifs is 1. The summed E-state index contributed by atoms with van der Waals surface area (Å²) in [4.78, 5) is 13.2. The summed E-state index contributed by atoms with van der Waals surface area (Å²) in [7, 11) is 4.72. The molecule has 43 heavy (non-hydrogen) atoms. The van der Waals surface area contributed by atoms with E-state index < -0.39 is 0 Å². The van der Waals surface area contributed by atoms with Gasteiger partial charge in [-0.25, -0.2) is 0 Å².